The van der Waals surface area contributed by atoms with Gasteiger partial charge in [-0.3, -0.25) is 4.52 Å². The Bertz CT molecular complexity index is 166. The second-order valence-electron chi connectivity index (χ2n) is 2.11. The summed E-state index contributed by atoms with van der Waals surface area (Å²) < 4.78 is 29.9. The molecule has 0 bridgehead atoms. The molecule has 1 unspecified atom stereocenters. The SMILES string of the molecule is CCN(CC)P(=O)(F)OCCCl. The lowest BCUT2D eigenvalue weighted by molar-refractivity contribution is 0.247. The second kappa shape index (κ2) is 5.92. The zero-order valence-corrected chi connectivity index (χ0v) is 8.95. The summed E-state index contributed by atoms with van der Waals surface area (Å²) in [5.41, 5.74) is 0. The number of rotatable bonds is 6. The average Bonchev–Trinajstić information content (AvgIpc) is 2.03. The molecule has 0 rings (SSSR count). The number of nitrogens with zero attached hydrogens (tertiary/aromatic N) is 1. The summed E-state index contributed by atoms with van der Waals surface area (Å²) in [6.07, 6.45) is 0. The van der Waals surface area contributed by atoms with Crippen molar-refractivity contribution in [2.45, 2.75) is 13.8 Å². The van der Waals surface area contributed by atoms with Gasteiger partial charge in [0.2, 0.25) is 0 Å². The first kappa shape index (κ1) is 12.4. The Kier molecular flexibility index (Phi) is 6.10. The van der Waals surface area contributed by atoms with Crippen molar-refractivity contribution in [1.29, 1.82) is 0 Å². The quantitative estimate of drug-likeness (QED) is 0.506. The minimum atomic E-state index is -4.07. The highest BCUT2D eigenvalue weighted by atomic mass is 35.5. The Balaban J connectivity index is 4.06. The normalized spacial score (nSPS) is 16.4. The third kappa shape index (κ3) is 3.85. The lowest BCUT2D eigenvalue weighted by Crippen LogP contribution is -2.19. The highest BCUT2D eigenvalue weighted by molar-refractivity contribution is 7.50. The van der Waals surface area contributed by atoms with Crippen LogP contribution in [0, 0.1) is 0 Å². The first-order chi connectivity index (χ1) is 5.58. The molecular formula is C6H14ClFNO2P. The highest BCUT2D eigenvalue weighted by Crippen LogP contribution is 2.51. The Hall–Kier alpha value is 0.370. The van der Waals surface area contributed by atoms with Crippen molar-refractivity contribution in [3.63, 3.8) is 0 Å². The maximum atomic E-state index is 13.1. The predicted octanol–water partition coefficient (Wildman–Crippen LogP) is 2.66. The minimum absolute atomic E-state index is 0.0220. The Labute approximate surface area is 77.5 Å². The van der Waals surface area contributed by atoms with Gasteiger partial charge in [-0.05, 0) is 0 Å². The van der Waals surface area contributed by atoms with Crippen LogP contribution in [0.4, 0.5) is 4.20 Å². The highest BCUT2D eigenvalue weighted by Gasteiger charge is 2.28. The lowest BCUT2D eigenvalue weighted by atomic mass is 10.7. The molecule has 0 saturated carbocycles. The molecule has 6 heteroatoms. The molecule has 0 saturated heterocycles. The van der Waals surface area contributed by atoms with Crippen molar-refractivity contribution in [3.8, 4) is 0 Å². The minimum Gasteiger partial charge on any atom is -0.292 e. The molecule has 0 amide bonds. The summed E-state index contributed by atoms with van der Waals surface area (Å²) in [6.45, 7) is 4.16. The summed E-state index contributed by atoms with van der Waals surface area (Å²) in [4.78, 5) is 0. The first-order valence-corrected chi connectivity index (χ1v) is 5.84. The smallest absolute Gasteiger partial charge is 0.292 e. The van der Waals surface area contributed by atoms with E-state index in [1.807, 2.05) is 0 Å². The second-order valence-corrected chi connectivity index (χ2v) is 4.22. The average molecular weight is 218 g/mol. The van der Waals surface area contributed by atoms with Crippen LogP contribution >= 0.6 is 19.4 Å². The molecule has 0 heterocycles. The van der Waals surface area contributed by atoms with Gasteiger partial charge < -0.3 is 0 Å². The summed E-state index contributed by atoms with van der Waals surface area (Å²) in [5.74, 6) is 0.148. The maximum Gasteiger partial charge on any atom is 0.445 e. The van der Waals surface area contributed by atoms with Crippen molar-refractivity contribution in [1.82, 2.24) is 4.67 Å². The molecule has 0 aliphatic heterocycles. The fraction of sp³-hybridized carbons (Fsp3) is 1.00. The molecule has 1 atom stereocenters. The van der Waals surface area contributed by atoms with Crippen molar-refractivity contribution in [2.75, 3.05) is 25.6 Å². The van der Waals surface area contributed by atoms with E-state index in [2.05, 4.69) is 4.52 Å². The maximum absolute atomic E-state index is 13.1. The van der Waals surface area contributed by atoms with Gasteiger partial charge in [0.25, 0.3) is 0 Å². The van der Waals surface area contributed by atoms with Gasteiger partial charge in [-0.25, -0.2) is 9.24 Å². The van der Waals surface area contributed by atoms with Crippen molar-refractivity contribution < 1.29 is 13.3 Å². The third-order valence-electron chi connectivity index (χ3n) is 1.40. The number of hydrogen-bond donors (Lipinski definition) is 0. The molecule has 0 fully saturated rings. The van der Waals surface area contributed by atoms with Crippen LogP contribution in [0.1, 0.15) is 13.8 Å². The molecule has 0 aromatic rings. The van der Waals surface area contributed by atoms with E-state index >= 15 is 0 Å². The Morgan fingerprint density at radius 1 is 1.50 bits per heavy atom. The fourth-order valence-electron chi connectivity index (χ4n) is 0.790. The zero-order valence-electron chi connectivity index (χ0n) is 7.30. The predicted molar refractivity (Wildman–Crippen MR) is 48.3 cm³/mol. The largest absolute Gasteiger partial charge is 0.445 e. The molecule has 0 aliphatic carbocycles. The van der Waals surface area contributed by atoms with Crippen LogP contribution < -0.4 is 0 Å². The van der Waals surface area contributed by atoms with E-state index in [0.717, 1.165) is 4.67 Å². The van der Waals surface area contributed by atoms with E-state index in [4.69, 9.17) is 11.6 Å². The Morgan fingerprint density at radius 2 is 2.00 bits per heavy atom. The molecule has 12 heavy (non-hydrogen) atoms. The summed E-state index contributed by atoms with van der Waals surface area (Å²) in [7, 11) is -4.07. The van der Waals surface area contributed by atoms with Crippen LogP contribution in [0.2, 0.25) is 0 Å². The Morgan fingerprint density at radius 3 is 2.33 bits per heavy atom. The van der Waals surface area contributed by atoms with Gasteiger partial charge in [0.05, 0.1) is 6.61 Å². The first-order valence-electron chi connectivity index (χ1n) is 3.84. The fourth-order valence-corrected chi connectivity index (χ4v) is 2.13. The van der Waals surface area contributed by atoms with Gasteiger partial charge in [-0.15, -0.1) is 15.8 Å². The molecule has 0 aromatic carbocycles. The van der Waals surface area contributed by atoms with Crippen LogP contribution in [-0.2, 0) is 9.09 Å². The summed E-state index contributed by atoms with van der Waals surface area (Å²) >= 11 is 5.27. The summed E-state index contributed by atoms with van der Waals surface area (Å²) in [6, 6.07) is 0. The van der Waals surface area contributed by atoms with E-state index in [0.29, 0.717) is 13.1 Å². The van der Waals surface area contributed by atoms with Crippen LogP contribution in [-0.4, -0.2) is 30.2 Å². The standard InChI is InChI=1S/C6H14ClFNO2P/c1-3-9(4-2)12(8,10)11-6-5-7/h3-6H2,1-2H3. The van der Waals surface area contributed by atoms with Gasteiger partial charge in [0.15, 0.2) is 0 Å². The van der Waals surface area contributed by atoms with Crippen LogP contribution in [0.15, 0.2) is 0 Å². The molecule has 74 valence electrons. The molecule has 0 radical (unpaired) electrons. The van der Waals surface area contributed by atoms with E-state index in [1.54, 1.807) is 13.8 Å². The van der Waals surface area contributed by atoms with Gasteiger partial charge in [-0.1, -0.05) is 13.8 Å². The molecular weight excluding hydrogens is 203 g/mol. The van der Waals surface area contributed by atoms with E-state index in [-0.39, 0.29) is 12.5 Å². The van der Waals surface area contributed by atoms with Gasteiger partial charge in [0.1, 0.15) is 0 Å². The monoisotopic (exact) mass is 217 g/mol. The van der Waals surface area contributed by atoms with Gasteiger partial charge >= 0.3 is 7.83 Å². The van der Waals surface area contributed by atoms with Crippen LogP contribution in [0.5, 0.6) is 0 Å². The van der Waals surface area contributed by atoms with Crippen molar-refractivity contribution in [2.24, 2.45) is 0 Å². The number of alkyl halides is 1. The molecule has 3 nitrogen and oxygen atoms in total. The van der Waals surface area contributed by atoms with Crippen molar-refractivity contribution >= 4 is 19.4 Å². The number of hydrogen-bond acceptors (Lipinski definition) is 2. The van der Waals surface area contributed by atoms with E-state index in [1.165, 1.54) is 0 Å². The van der Waals surface area contributed by atoms with E-state index in [9.17, 15) is 8.76 Å². The molecule has 0 aliphatic rings. The third-order valence-corrected chi connectivity index (χ3v) is 3.29. The van der Waals surface area contributed by atoms with Gasteiger partial charge in [0, 0.05) is 19.0 Å². The van der Waals surface area contributed by atoms with Gasteiger partial charge in [-0.2, -0.15) is 0 Å². The van der Waals surface area contributed by atoms with Crippen LogP contribution in [0.25, 0.3) is 0 Å². The molecule has 0 aromatic heterocycles. The summed E-state index contributed by atoms with van der Waals surface area (Å²) in [5, 5.41) is 0. The molecule has 0 spiro atoms. The van der Waals surface area contributed by atoms with E-state index < -0.39 is 7.83 Å². The lowest BCUT2D eigenvalue weighted by Gasteiger charge is -2.21. The topological polar surface area (TPSA) is 29.5 Å². The van der Waals surface area contributed by atoms with Crippen molar-refractivity contribution in [3.05, 3.63) is 0 Å². The zero-order chi connectivity index (χ0) is 9.61. The molecule has 0 N–H and O–H groups in total. The number of halogens is 2. The van der Waals surface area contributed by atoms with Crippen LogP contribution in [0.3, 0.4) is 0 Å².